The molecule has 3 rings (SSSR count). The molecular formula is C19H33NO6. The summed E-state index contributed by atoms with van der Waals surface area (Å²) in [5.41, 5.74) is -0.215. The molecule has 0 aromatic carbocycles. The Hall–Kier alpha value is -0.730. The van der Waals surface area contributed by atoms with E-state index in [1.165, 1.54) is 13.3 Å². The molecule has 0 unspecified atom stereocenters. The molecule has 3 heterocycles. The van der Waals surface area contributed by atoms with E-state index in [0.717, 1.165) is 12.8 Å². The lowest BCUT2D eigenvalue weighted by atomic mass is 9.82. The second kappa shape index (κ2) is 6.71. The summed E-state index contributed by atoms with van der Waals surface area (Å²) in [7, 11) is 0. The molecule has 0 bridgehead atoms. The van der Waals surface area contributed by atoms with Gasteiger partial charge in [-0.2, -0.15) is 5.06 Å². The van der Waals surface area contributed by atoms with E-state index in [2.05, 4.69) is 32.8 Å². The molecule has 7 nitrogen and oxygen atoms in total. The number of fused-ring (bicyclic) bond motifs is 1. The first-order chi connectivity index (χ1) is 11.9. The zero-order chi connectivity index (χ0) is 19.3. The van der Waals surface area contributed by atoms with E-state index in [1.807, 2.05) is 13.8 Å². The molecule has 150 valence electrons. The lowest BCUT2D eigenvalue weighted by Crippen LogP contribution is -2.60. The molecule has 0 spiro atoms. The molecule has 0 N–H and O–H groups in total. The monoisotopic (exact) mass is 371 g/mol. The molecule has 3 aliphatic heterocycles. The topological polar surface area (TPSA) is 66.5 Å². The van der Waals surface area contributed by atoms with E-state index >= 15 is 0 Å². The van der Waals surface area contributed by atoms with Gasteiger partial charge in [0.15, 0.2) is 5.79 Å². The molecule has 0 saturated carbocycles. The van der Waals surface area contributed by atoms with Crippen LogP contribution < -0.4 is 0 Å². The van der Waals surface area contributed by atoms with E-state index in [9.17, 15) is 4.79 Å². The Labute approximate surface area is 156 Å². The average molecular weight is 371 g/mol. The Morgan fingerprint density at radius 1 is 1.04 bits per heavy atom. The highest BCUT2D eigenvalue weighted by Gasteiger charge is 2.58. The van der Waals surface area contributed by atoms with Gasteiger partial charge in [0, 0.05) is 18.0 Å². The zero-order valence-electron chi connectivity index (χ0n) is 17.0. The highest BCUT2D eigenvalue weighted by Crippen LogP contribution is 2.43. The number of nitrogens with zero attached hydrogens (tertiary/aromatic N) is 1. The Kier molecular flexibility index (Phi) is 5.16. The third-order valence-corrected chi connectivity index (χ3v) is 5.44. The maximum atomic E-state index is 11.2. The lowest BCUT2D eigenvalue weighted by molar-refractivity contribution is -0.367. The standard InChI is InChI=1S/C19H33NO6/c1-12(21)22-11-13-14-15(25-19(6,7)24-14)16(23-13)26-20-17(2,3)9-8-10-18(20,4)5/h13-16H,8-11H2,1-7H3/t13-,14-,15-,16+/m1/s1. The van der Waals surface area contributed by atoms with Crippen LogP contribution in [-0.4, -0.2) is 59.1 Å². The minimum absolute atomic E-state index is 0.108. The van der Waals surface area contributed by atoms with Gasteiger partial charge in [0.25, 0.3) is 0 Å². The smallest absolute Gasteiger partial charge is 0.302 e. The Morgan fingerprint density at radius 3 is 2.19 bits per heavy atom. The lowest BCUT2D eigenvalue weighted by Gasteiger charge is -2.52. The summed E-state index contributed by atoms with van der Waals surface area (Å²) in [4.78, 5) is 17.6. The highest BCUT2D eigenvalue weighted by atomic mass is 16.9. The normalized spacial score (nSPS) is 38.1. The summed E-state index contributed by atoms with van der Waals surface area (Å²) in [6.45, 7) is 14.0. The second-order valence-corrected chi connectivity index (χ2v) is 9.29. The molecule has 0 aromatic heterocycles. The summed E-state index contributed by atoms with van der Waals surface area (Å²) in [5, 5.41) is 2.06. The minimum Gasteiger partial charge on any atom is -0.463 e. The van der Waals surface area contributed by atoms with Crippen molar-refractivity contribution < 1.29 is 28.6 Å². The van der Waals surface area contributed by atoms with E-state index in [0.29, 0.717) is 0 Å². The van der Waals surface area contributed by atoms with Crippen molar-refractivity contribution in [2.75, 3.05) is 6.61 Å². The van der Waals surface area contributed by atoms with Crippen LogP contribution in [0.1, 0.15) is 67.7 Å². The Morgan fingerprint density at radius 2 is 1.62 bits per heavy atom. The van der Waals surface area contributed by atoms with Gasteiger partial charge in [-0.05, 0) is 60.8 Å². The van der Waals surface area contributed by atoms with Gasteiger partial charge in [0.1, 0.15) is 24.9 Å². The quantitative estimate of drug-likeness (QED) is 0.704. The number of hydrogen-bond donors (Lipinski definition) is 0. The number of ether oxygens (including phenoxy) is 4. The molecule has 0 radical (unpaired) electrons. The molecule has 3 saturated heterocycles. The molecule has 3 aliphatic rings. The number of hydrogen-bond acceptors (Lipinski definition) is 7. The van der Waals surface area contributed by atoms with Crippen LogP contribution in [0.4, 0.5) is 0 Å². The molecule has 0 amide bonds. The van der Waals surface area contributed by atoms with Crippen LogP contribution in [0.2, 0.25) is 0 Å². The molecule has 3 fully saturated rings. The number of rotatable bonds is 4. The molecule has 4 atom stereocenters. The minimum atomic E-state index is -0.720. The Balaban J connectivity index is 1.77. The summed E-state index contributed by atoms with van der Waals surface area (Å²) >= 11 is 0. The average Bonchev–Trinajstić information content (AvgIpc) is 2.94. The maximum absolute atomic E-state index is 11.2. The van der Waals surface area contributed by atoms with Crippen LogP contribution in [-0.2, 0) is 28.6 Å². The third kappa shape index (κ3) is 3.92. The summed E-state index contributed by atoms with van der Waals surface area (Å²) in [6, 6.07) is 0. The SMILES string of the molecule is CC(=O)OC[C@H]1O[C@@H](ON2C(C)(C)CCCC2(C)C)[C@@H]2OC(C)(C)O[C@@H]21. The van der Waals surface area contributed by atoms with Gasteiger partial charge in [-0.1, -0.05) is 0 Å². The van der Waals surface area contributed by atoms with E-state index in [-0.39, 0.29) is 35.9 Å². The van der Waals surface area contributed by atoms with Gasteiger partial charge >= 0.3 is 5.97 Å². The first kappa shape index (κ1) is 20.0. The summed E-state index contributed by atoms with van der Waals surface area (Å²) in [5.74, 6) is -1.06. The van der Waals surface area contributed by atoms with Gasteiger partial charge in [0.05, 0.1) is 0 Å². The fourth-order valence-electron chi connectivity index (χ4n) is 4.43. The van der Waals surface area contributed by atoms with Gasteiger partial charge < -0.3 is 18.9 Å². The summed E-state index contributed by atoms with van der Waals surface area (Å²) in [6.07, 6.45) is 1.57. The number of hydroxylamine groups is 2. The van der Waals surface area contributed by atoms with Crippen LogP contribution in [0, 0.1) is 0 Å². The number of carbonyl (C=O) groups is 1. The van der Waals surface area contributed by atoms with Crippen LogP contribution in [0.5, 0.6) is 0 Å². The van der Waals surface area contributed by atoms with Crippen molar-refractivity contribution in [2.45, 2.75) is 109 Å². The van der Waals surface area contributed by atoms with Crippen molar-refractivity contribution in [3.8, 4) is 0 Å². The first-order valence-electron chi connectivity index (χ1n) is 9.53. The van der Waals surface area contributed by atoms with Crippen molar-refractivity contribution in [3.63, 3.8) is 0 Å². The molecule has 7 heteroatoms. The van der Waals surface area contributed by atoms with E-state index < -0.39 is 18.2 Å². The van der Waals surface area contributed by atoms with Crippen LogP contribution in [0.25, 0.3) is 0 Å². The predicted molar refractivity (Wildman–Crippen MR) is 94.1 cm³/mol. The van der Waals surface area contributed by atoms with Crippen molar-refractivity contribution in [3.05, 3.63) is 0 Å². The molecule has 26 heavy (non-hydrogen) atoms. The van der Waals surface area contributed by atoms with E-state index in [4.69, 9.17) is 23.8 Å². The molecule has 0 aliphatic carbocycles. The first-order valence-corrected chi connectivity index (χ1v) is 9.53. The second-order valence-electron chi connectivity index (χ2n) is 9.29. The van der Waals surface area contributed by atoms with Crippen molar-refractivity contribution in [2.24, 2.45) is 0 Å². The summed E-state index contributed by atoms with van der Waals surface area (Å²) < 4.78 is 23.3. The highest BCUT2D eigenvalue weighted by molar-refractivity contribution is 5.65. The van der Waals surface area contributed by atoms with Crippen LogP contribution >= 0.6 is 0 Å². The van der Waals surface area contributed by atoms with Gasteiger partial charge in [-0.25, -0.2) is 0 Å². The van der Waals surface area contributed by atoms with Crippen molar-refractivity contribution in [1.29, 1.82) is 0 Å². The fourth-order valence-corrected chi connectivity index (χ4v) is 4.43. The largest absolute Gasteiger partial charge is 0.463 e. The van der Waals surface area contributed by atoms with Crippen LogP contribution in [0.15, 0.2) is 0 Å². The Bertz CT molecular complexity index is 530. The van der Waals surface area contributed by atoms with Crippen molar-refractivity contribution >= 4 is 5.97 Å². The van der Waals surface area contributed by atoms with Gasteiger partial charge in [-0.3, -0.25) is 9.63 Å². The van der Waals surface area contributed by atoms with Crippen molar-refractivity contribution in [1.82, 2.24) is 5.06 Å². The fraction of sp³-hybridized carbons (Fsp3) is 0.947. The van der Waals surface area contributed by atoms with Gasteiger partial charge in [-0.15, -0.1) is 0 Å². The van der Waals surface area contributed by atoms with Gasteiger partial charge in [0.2, 0.25) is 6.29 Å². The number of esters is 1. The molecule has 0 aromatic rings. The zero-order valence-corrected chi connectivity index (χ0v) is 17.0. The third-order valence-electron chi connectivity index (χ3n) is 5.44. The maximum Gasteiger partial charge on any atom is 0.302 e. The number of carbonyl (C=O) groups excluding carboxylic acids is 1. The number of piperidine rings is 1. The van der Waals surface area contributed by atoms with Crippen LogP contribution in [0.3, 0.4) is 0 Å². The molecular weight excluding hydrogens is 338 g/mol. The van der Waals surface area contributed by atoms with E-state index in [1.54, 1.807) is 0 Å². The predicted octanol–water partition coefficient (Wildman–Crippen LogP) is 2.77.